The summed E-state index contributed by atoms with van der Waals surface area (Å²) >= 11 is 0. The maximum Gasteiger partial charge on any atom is 0.421 e. The molecule has 19 heavy (non-hydrogen) atoms. The molecule has 0 N–H and O–H groups in total. The third-order valence-electron chi connectivity index (χ3n) is 2.39. The third kappa shape index (κ3) is 3.34. The van der Waals surface area contributed by atoms with E-state index in [-0.39, 0.29) is 18.8 Å². The molecule has 0 aliphatic heterocycles. The summed E-state index contributed by atoms with van der Waals surface area (Å²) in [5, 5.41) is 0. The van der Waals surface area contributed by atoms with E-state index in [2.05, 4.69) is 4.74 Å². The largest absolute Gasteiger partial charge is 0.464 e. The molecule has 1 aromatic rings. The Hall–Kier alpha value is -1.83. The monoisotopic (exact) mass is 279 g/mol. The topological polar surface area (TPSA) is 57.5 Å². The van der Waals surface area contributed by atoms with Crippen LogP contribution in [0.25, 0.3) is 0 Å². The molecule has 0 saturated heterocycles. The predicted molar refractivity (Wildman–Crippen MR) is 58.9 cm³/mol. The first-order valence-electron chi connectivity index (χ1n) is 5.21. The van der Waals surface area contributed by atoms with Crippen LogP contribution in [0.1, 0.15) is 16.1 Å². The van der Waals surface area contributed by atoms with Gasteiger partial charge in [0.15, 0.2) is 0 Å². The molecule has 0 aliphatic rings. The highest BCUT2D eigenvalue weighted by atomic mass is 19.4. The Morgan fingerprint density at radius 2 is 1.95 bits per heavy atom. The summed E-state index contributed by atoms with van der Waals surface area (Å²) < 4.78 is 47.6. The van der Waals surface area contributed by atoms with E-state index >= 15 is 0 Å². The molecular weight excluding hydrogens is 267 g/mol. The minimum absolute atomic E-state index is 0.00872. The Balaban J connectivity index is 3.41. The second-order valence-electron chi connectivity index (χ2n) is 3.57. The van der Waals surface area contributed by atoms with Gasteiger partial charge in [0.2, 0.25) is 0 Å². The number of alkyl halides is 3. The Kier molecular flexibility index (Phi) is 4.71. The van der Waals surface area contributed by atoms with Crippen molar-refractivity contribution in [3.05, 3.63) is 33.7 Å². The summed E-state index contributed by atoms with van der Waals surface area (Å²) in [6.45, 7) is -0.186. The summed E-state index contributed by atoms with van der Waals surface area (Å²) in [5.41, 5.74) is -2.89. The van der Waals surface area contributed by atoms with Gasteiger partial charge < -0.3 is 9.47 Å². The zero-order valence-corrected chi connectivity index (χ0v) is 10.3. The van der Waals surface area contributed by atoms with Gasteiger partial charge in [-0.1, -0.05) is 0 Å². The number of rotatable bonds is 4. The first kappa shape index (κ1) is 15.2. The molecule has 8 heteroatoms. The van der Waals surface area contributed by atoms with Crippen molar-refractivity contribution in [1.29, 1.82) is 0 Å². The fourth-order valence-corrected chi connectivity index (χ4v) is 1.48. The van der Waals surface area contributed by atoms with Gasteiger partial charge in [-0.15, -0.1) is 0 Å². The van der Waals surface area contributed by atoms with Gasteiger partial charge in [-0.2, -0.15) is 13.2 Å². The predicted octanol–water partition coefficient (Wildman–Crippen LogP) is 1.30. The van der Waals surface area contributed by atoms with E-state index in [1.165, 1.54) is 7.11 Å². The third-order valence-corrected chi connectivity index (χ3v) is 2.39. The molecule has 1 heterocycles. The van der Waals surface area contributed by atoms with Gasteiger partial charge in [-0.05, 0) is 12.1 Å². The van der Waals surface area contributed by atoms with Crippen LogP contribution in [0.2, 0.25) is 0 Å². The number of ether oxygens (including phenoxy) is 2. The van der Waals surface area contributed by atoms with Crippen molar-refractivity contribution in [2.75, 3.05) is 20.8 Å². The molecule has 0 aromatic carbocycles. The molecule has 1 rings (SSSR count). The van der Waals surface area contributed by atoms with E-state index < -0.39 is 23.3 Å². The van der Waals surface area contributed by atoms with Crippen LogP contribution < -0.4 is 5.56 Å². The standard InChI is InChI=1S/C11H12F3NO4/c1-18-6-5-15-8(10(17)19-2)4-3-7(9(15)16)11(12,13)14/h3-4H,5-6H2,1-2H3. The van der Waals surface area contributed by atoms with Gasteiger partial charge >= 0.3 is 12.1 Å². The first-order valence-corrected chi connectivity index (χ1v) is 5.21. The number of hydrogen-bond acceptors (Lipinski definition) is 4. The Labute approximate surface area is 106 Å². The smallest absolute Gasteiger partial charge is 0.421 e. The number of aromatic nitrogens is 1. The lowest BCUT2D eigenvalue weighted by Crippen LogP contribution is -2.33. The molecule has 0 spiro atoms. The number of methoxy groups -OCH3 is 2. The maximum atomic E-state index is 12.6. The highest BCUT2D eigenvalue weighted by molar-refractivity contribution is 5.87. The van der Waals surface area contributed by atoms with Crippen LogP contribution in [0.3, 0.4) is 0 Å². The van der Waals surface area contributed by atoms with Crippen molar-refractivity contribution in [1.82, 2.24) is 4.57 Å². The summed E-state index contributed by atoms with van der Waals surface area (Å²) in [7, 11) is 2.40. The van der Waals surface area contributed by atoms with Crippen LogP contribution >= 0.6 is 0 Å². The van der Waals surface area contributed by atoms with Crippen molar-refractivity contribution in [3.8, 4) is 0 Å². The van der Waals surface area contributed by atoms with E-state index in [9.17, 15) is 22.8 Å². The number of carbonyl (C=O) groups excluding carboxylic acids is 1. The van der Waals surface area contributed by atoms with E-state index in [1.54, 1.807) is 0 Å². The van der Waals surface area contributed by atoms with Gasteiger partial charge in [0.1, 0.15) is 11.3 Å². The fraction of sp³-hybridized carbons (Fsp3) is 0.455. The zero-order chi connectivity index (χ0) is 14.6. The molecule has 0 fully saturated rings. The molecule has 0 unspecified atom stereocenters. The van der Waals surface area contributed by atoms with Crippen LogP contribution in [-0.4, -0.2) is 31.4 Å². The Morgan fingerprint density at radius 1 is 1.32 bits per heavy atom. The van der Waals surface area contributed by atoms with Crippen molar-refractivity contribution in [2.45, 2.75) is 12.7 Å². The molecule has 106 valence electrons. The van der Waals surface area contributed by atoms with Gasteiger partial charge in [0.05, 0.1) is 13.7 Å². The van der Waals surface area contributed by atoms with Crippen LogP contribution in [0.5, 0.6) is 0 Å². The van der Waals surface area contributed by atoms with E-state index in [4.69, 9.17) is 4.74 Å². The molecule has 0 amide bonds. The molecule has 0 bridgehead atoms. The van der Waals surface area contributed by atoms with Crippen molar-refractivity contribution in [2.24, 2.45) is 0 Å². The lowest BCUT2D eigenvalue weighted by molar-refractivity contribution is -0.139. The molecule has 0 atom stereocenters. The lowest BCUT2D eigenvalue weighted by Gasteiger charge is -2.14. The minimum atomic E-state index is -4.78. The fourth-order valence-electron chi connectivity index (χ4n) is 1.48. The summed E-state index contributed by atoms with van der Waals surface area (Å²) in [4.78, 5) is 23.1. The van der Waals surface area contributed by atoms with E-state index in [0.29, 0.717) is 10.6 Å². The average molecular weight is 279 g/mol. The molecule has 1 aromatic heterocycles. The van der Waals surface area contributed by atoms with Gasteiger partial charge in [0.25, 0.3) is 5.56 Å². The van der Waals surface area contributed by atoms with Crippen LogP contribution in [0.15, 0.2) is 16.9 Å². The molecule has 0 aliphatic carbocycles. The van der Waals surface area contributed by atoms with E-state index in [1.807, 2.05) is 0 Å². The van der Waals surface area contributed by atoms with Crippen molar-refractivity contribution < 1.29 is 27.4 Å². The second kappa shape index (κ2) is 5.87. The molecular formula is C11H12F3NO4. The van der Waals surface area contributed by atoms with Gasteiger partial charge in [-0.25, -0.2) is 4.79 Å². The normalized spacial score (nSPS) is 11.4. The SMILES string of the molecule is COCCn1c(C(=O)OC)ccc(C(F)(F)F)c1=O. The van der Waals surface area contributed by atoms with Crippen molar-refractivity contribution >= 4 is 5.97 Å². The number of esters is 1. The molecule has 0 radical (unpaired) electrons. The zero-order valence-electron chi connectivity index (χ0n) is 10.3. The number of pyridine rings is 1. The first-order chi connectivity index (χ1) is 8.82. The Morgan fingerprint density at radius 3 is 2.42 bits per heavy atom. The quantitative estimate of drug-likeness (QED) is 0.779. The highest BCUT2D eigenvalue weighted by Gasteiger charge is 2.35. The molecule has 0 saturated carbocycles. The van der Waals surface area contributed by atoms with Gasteiger partial charge in [0, 0.05) is 13.7 Å². The van der Waals surface area contributed by atoms with Gasteiger partial charge in [-0.3, -0.25) is 9.36 Å². The van der Waals surface area contributed by atoms with Crippen molar-refractivity contribution in [3.63, 3.8) is 0 Å². The highest BCUT2D eigenvalue weighted by Crippen LogP contribution is 2.26. The summed E-state index contributed by atoms with van der Waals surface area (Å²) in [5.74, 6) is -0.887. The molecule has 5 nitrogen and oxygen atoms in total. The Bertz CT molecular complexity index is 522. The minimum Gasteiger partial charge on any atom is -0.464 e. The van der Waals surface area contributed by atoms with Crippen LogP contribution in [0.4, 0.5) is 13.2 Å². The van der Waals surface area contributed by atoms with Crippen LogP contribution in [-0.2, 0) is 22.2 Å². The number of carbonyl (C=O) groups is 1. The van der Waals surface area contributed by atoms with E-state index in [0.717, 1.165) is 13.2 Å². The second-order valence-corrected chi connectivity index (χ2v) is 3.57. The number of halogens is 3. The average Bonchev–Trinajstić information content (AvgIpc) is 2.34. The summed E-state index contributed by atoms with van der Waals surface area (Å²) in [6.07, 6.45) is -4.78. The maximum absolute atomic E-state index is 12.6. The number of nitrogens with zero attached hydrogens (tertiary/aromatic N) is 1. The van der Waals surface area contributed by atoms with Crippen LogP contribution in [0, 0.1) is 0 Å². The summed E-state index contributed by atoms with van der Waals surface area (Å²) in [6, 6.07) is 1.48. The number of hydrogen-bond donors (Lipinski definition) is 0. The lowest BCUT2D eigenvalue weighted by atomic mass is 10.2.